The van der Waals surface area contributed by atoms with Crippen LogP contribution >= 0.6 is 11.6 Å². The molecule has 0 aliphatic carbocycles. The molecule has 5 nitrogen and oxygen atoms in total. The lowest BCUT2D eigenvalue weighted by Gasteiger charge is -2.30. The summed E-state index contributed by atoms with van der Waals surface area (Å²) in [6.07, 6.45) is 0.261. The predicted octanol–water partition coefficient (Wildman–Crippen LogP) is 1.29. The second kappa shape index (κ2) is 6.70. The molecule has 1 N–H and O–H groups in total. The molecule has 1 fully saturated rings. The third-order valence-electron chi connectivity index (χ3n) is 3.46. The Balaban J connectivity index is 1.85. The van der Waals surface area contributed by atoms with Crippen molar-refractivity contribution in [1.82, 2.24) is 20.0 Å². The number of aromatic nitrogens is 2. The number of halogens is 1. The first kappa shape index (κ1) is 14.8. The first-order chi connectivity index (χ1) is 9.11. The molecule has 0 bridgehead atoms. The number of nitrogens with zero attached hydrogens (tertiary/aromatic N) is 3. The van der Waals surface area contributed by atoms with Gasteiger partial charge in [0.1, 0.15) is 0 Å². The quantitative estimate of drug-likeness (QED) is 0.886. The fourth-order valence-electron chi connectivity index (χ4n) is 2.38. The molecule has 6 heteroatoms. The molecule has 108 valence electrons. The Morgan fingerprint density at radius 3 is 3.00 bits per heavy atom. The first-order valence-corrected chi connectivity index (χ1v) is 7.22. The molecule has 19 heavy (non-hydrogen) atoms. The molecule has 1 aliphatic rings. The van der Waals surface area contributed by atoms with Gasteiger partial charge >= 0.3 is 0 Å². The third kappa shape index (κ3) is 3.69. The van der Waals surface area contributed by atoms with Crippen molar-refractivity contribution >= 4 is 11.6 Å². The summed E-state index contributed by atoms with van der Waals surface area (Å²) in [6, 6.07) is 0. The Hall–Kier alpha value is -0.620. The van der Waals surface area contributed by atoms with Gasteiger partial charge in [0, 0.05) is 32.7 Å². The van der Waals surface area contributed by atoms with Crippen molar-refractivity contribution in [3.63, 3.8) is 0 Å². The summed E-state index contributed by atoms with van der Waals surface area (Å²) in [5.41, 5.74) is 1.96. The summed E-state index contributed by atoms with van der Waals surface area (Å²) < 4.78 is 7.68. The highest BCUT2D eigenvalue weighted by molar-refractivity contribution is 6.31. The average Bonchev–Trinajstić information content (AvgIpc) is 2.66. The highest BCUT2D eigenvalue weighted by atomic mass is 35.5. The first-order valence-electron chi connectivity index (χ1n) is 6.84. The minimum absolute atomic E-state index is 0.261. The zero-order valence-electron chi connectivity index (χ0n) is 11.9. The number of hydrogen-bond acceptors (Lipinski definition) is 4. The number of morpholine rings is 1. The number of ether oxygens (including phenoxy) is 1. The smallest absolute Gasteiger partial charge is 0.0860 e. The van der Waals surface area contributed by atoms with E-state index in [2.05, 4.69) is 29.3 Å². The maximum absolute atomic E-state index is 6.27. The van der Waals surface area contributed by atoms with Crippen molar-refractivity contribution in [3.8, 4) is 0 Å². The minimum Gasteiger partial charge on any atom is -0.374 e. The summed E-state index contributed by atoms with van der Waals surface area (Å²) >= 11 is 6.27. The van der Waals surface area contributed by atoms with E-state index in [1.165, 1.54) is 0 Å². The molecule has 1 aromatic heterocycles. The van der Waals surface area contributed by atoms with Crippen molar-refractivity contribution in [3.05, 3.63) is 16.4 Å². The summed E-state index contributed by atoms with van der Waals surface area (Å²) in [7, 11) is 2.13. The van der Waals surface area contributed by atoms with Crippen molar-refractivity contribution in [2.75, 3.05) is 33.3 Å². The second-order valence-corrected chi connectivity index (χ2v) is 5.43. The molecule has 1 aliphatic heterocycles. The van der Waals surface area contributed by atoms with E-state index in [-0.39, 0.29) is 6.10 Å². The van der Waals surface area contributed by atoms with E-state index in [4.69, 9.17) is 16.3 Å². The van der Waals surface area contributed by atoms with Gasteiger partial charge in [-0.15, -0.1) is 0 Å². The fraction of sp³-hybridized carbons (Fsp3) is 0.769. The average molecular weight is 287 g/mol. The molecular formula is C13H23ClN4O. The monoisotopic (exact) mass is 286 g/mol. The number of hydrogen-bond donors (Lipinski definition) is 1. The molecule has 1 unspecified atom stereocenters. The normalized spacial score (nSPS) is 20.9. The summed E-state index contributed by atoms with van der Waals surface area (Å²) in [6.45, 7) is 9.24. The van der Waals surface area contributed by atoms with Gasteiger partial charge in [-0.3, -0.25) is 4.68 Å². The van der Waals surface area contributed by atoms with Crippen LogP contribution in [0.1, 0.15) is 18.3 Å². The number of nitrogens with one attached hydrogen (secondary N) is 1. The molecule has 0 amide bonds. The van der Waals surface area contributed by atoms with Crippen molar-refractivity contribution in [1.29, 1.82) is 0 Å². The van der Waals surface area contributed by atoms with E-state index in [0.29, 0.717) is 0 Å². The molecule has 1 aromatic rings. The van der Waals surface area contributed by atoms with Crippen molar-refractivity contribution < 1.29 is 4.74 Å². The number of rotatable bonds is 5. The Morgan fingerprint density at radius 1 is 1.53 bits per heavy atom. The van der Waals surface area contributed by atoms with Crippen LogP contribution in [0.15, 0.2) is 0 Å². The van der Waals surface area contributed by atoms with Gasteiger partial charge in [0.15, 0.2) is 0 Å². The van der Waals surface area contributed by atoms with Crippen LogP contribution in [0.4, 0.5) is 0 Å². The molecule has 2 heterocycles. The summed E-state index contributed by atoms with van der Waals surface area (Å²) in [5, 5.41) is 8.61. The van der Waals surface area contributed by atoms with Crippen molar-refractivity contribution in [2.45, 2.75) is 33.0 Å². The molecule has 0 spiro atoms. The Bertz CT molecular complexity index is 421. The molecule has 0 radical (unpaired) electrons. The fourth-order valence-corrected chi connectivity index (χ4v) is 2.58. The molecule has 2 rings (SSSR count). The van der Waals surface area contributed by atoms with Crippen LogP contribution in [-0.4, -0.2) is 54.1 Å². The minimum atomic E-state index is 0.261. The van der Waals surface area contributed by atoms with Gasteiger partial charge in [-0.05, 0) is 20.9 Å². The van der Waals surface area contributed by atoms with Crippen LogP contribution in [0.5, 0.6) is 0 Å². The zero-order chi connectivity index (χ0) is 13.8. The van der Waals surface area contributed by atoms with Gasteiger partial charge in [0.05, 0.1) is 29.1 Å². The molecule has 1 saturated heterocycles. The maximum atomic E-state index is 6.27. The predicted molar refractivity (Wildman–Crippen MR) is 76.6 cm³/mol. The van der Waals surface area contributed by atoms with E-state index < -0.39 is 0 Å². The standard InChI is InChI=1S/C13H23ClN4O/c1-4-18-12(13(14)10(2)16-18)8-15-7-11-9-17(3)5-6-19-11/h11,15H,4-9H2,1-3H3. The topological polar surface area (TPSA) is 42.3 Å². The second-order valence-electron chi connectivity index (χ2n) is 5.05. The SMILES string of the molecule is CCn1nc(C)c(Cl)c1CNCC1CN(C)CCO1. The highest BCUT2D eigenvalue weighted by Gasteiger charge is 2.18. The lowest BCUT2D eigenvalue weighted by atomic mass is 10.2. The van der Waals surface area contributed by atoms with Crippen LogP contribution in [0.3, 0.4) is 0 Å². The van der Waals surface area contributed by atoms with Gasteiger partial charge in [0.25, 0.3) is 0 Å². The Kier molecular flexibility index (Phi) is 5.21. The lowest BCUT2D eigenvalue weighted by Crippen LogP contribution is -2.44. The molecular weight excluding hydrogens is 264 g/mol. The van der Waals surface area contributed by atoms with Crippen LogP contribution in [0, 0.1) is 6.92 Å². The largest absolute Gasteiger partial charge is 0.374 e. The van der Waals surface area contributed by atoms with E-state index in [1.54, 1.807) is 0 Å². The molecule has 1 atom stereocenters. The van der Waals surface area contributed by atoms with Crippen LogP contribution in [0.25, 0.3) is 0 Å². The number of aryl methyl sites for hydroxylation is 2. The van der Waals surface area contributed by atoms with Crippen molar-refractivity contribution in [2.24, 2.45) is 0 Å². The van der Waals surface area contributed by atoms with Crippen LogP contribution in [0.2, 0.25) is 5.02 Å². The zero-order valence-corrected chi connectivity index (χ0v) is 12.7. The third-order valence-corrected chi connectivity index (χ3v) is 3.95. The summed E-state index contributed by atoms with van der Waals surface area (Å²) in [5.74, 6) is 0. The number of likely N-dealkylation sites (N-methyl/N-ethyl adjacent to an activating group) is 1. The van der Waals surface area contributed by atoms with Gasteiger partial charge in [-0.2, -0.15) is 5.10 Å². The molecule has 0 aromatic carbocycles. The van der Waals surface area contributed by atoms with Gasteiger partial charge < -0.3 is 15.0 Å². The van der Waals surface area contributed by atoms with Crippen LogP contribution in [-0.2, 0) is 17.8 Å². The lowest BCUT2D eigenvalue weighted by molar-refractivity contribution is -0.0182. The summed E-state index contributed by atoms with van der Waals surface area (Å²) in [4.78, 5) is 2.29. The van der Waals surface area contributed by atoms with Gasteiger partial charge in [-0.25, -0.2) is 0 Å². The van der Waals surface area contributed by atoms with Crippen LogP contribution < -0.4 is 5.32 Å². The highest BCUT2D eigenvalue weighted by Crippen LogP contribution is 2.19. The van der Waals surface area contributed by atoms with E-state index >= 15 is 0 Å². The Morgan fingerprint density at radius 2 is 2.32 bits per heavy atom. The van der Waals surface area contributed by atoms with E-state index in [9.17, 15) is 0 Å². The Labute approximate surface area is 119 Å². The van der Waals surface area contributed by atoms with Gasteiger partial charge in [0.2, 0.25) is 0 Å². The maximum Gasteiger partial charge on any atom is 0.0860 e. The van der Waals surface area contributed by atoms with E-state index in [1.807, 2.05) is 11.6 Å². The van der Waals surface area contributed by atoms with E-state index in [0.717, 1.165) is 55.7 Å². The van der Waals surface area contributed by atoms with Gasteiger partial charge in [-0.1, -0.05) is 11.6 Å². The molecule has 0 saturated carbocycles.